The van der Waals surface area contributed by atoms with Gasteiger partial charge < -0.3 is 19.3 Å². The number of nitro groups is 1. The molecule has 3 rings (SSSR count). The minimum atomic E-state index is -0.748. The molecule has 2 saturated heterocycles. The normalized spacial score (nSPS) is 22.3. The summed E-state index contributed by atoms with van der Waals surface area (Å²) in [4.78, 5) is 39.2. The first kappa shape index (κ1) is 21.0. The molecule has 1 amide bonds. The summed E-state index contributed by atoms with van der Waals surface area (Å²) in [5, 5.41) is 11.6. The number of nitrogens with zero attached hydrogens (tertiary/aromatic N) is 3. The molecular formula is C20H27N3O6. The number of ether oxygens (including phenoxy) is 2. The SMILES string of the molecule is C[C@@H]1C[C@@H](C)CN(c2ccc(C(=O)OCC(=O)N3CCOCC3)cc2[N+](=O)[O-])C1. The van der Waals surface area contributed by atoms with Crippen molar-refractivity contribution in [2.45, 2.75) is 20.3 Å². The summed E-state index contributed by atoms with van der Waals surface area (Å²) in [5.41, 5.74) is 0.447. The molecule has 0 spiro atoms. The molecule has 2 heterocycles. The molecule has 0 N–H and O–H groups in total. The van der Waals surface area contributed by atoms with Gasteiger partial charge in [0.25, 0.3) is 11.6 Å². The highest BCUT2D eigenvalue weighted by atomic mass is 16.6. The van der Waals surface area contributed by atoms with Gasteiger partial charge in [0.1, 0.15) is 5.69 Å². The van der Waals surface area contributed by atoms with Crippen LogP contribution in [0.5, 0.6) is 0 Å². The van der Waals surface area contributed by atoms with Crippen LogP contribution >= 0.6 is 0 Å². The molecule has 0 aromatic heterocycles. The van der Waals surface area contributed by atoms with E-state index in [9.17, 15) is 19.7 Å². The summed E-state index contributed by atoms with van der Waals surface area (Å²) in [6, 6.07) is 4.36. The summed E-state index contributed by atoms with van der Waals surface area (Å²) in [7, 11) is 0. The topological polar surface area (TPSA) is 102 Å². The van der Waals surface area contributed by atoms with E-state index in [-0.39, 0.29) is 17.2 Å². The van der Waals surface area contributed by atoms with Gasteiger partial charge in [-0.3, -0.25) is 14.9 Å². The predicted octanol–water partition coefficient (Wildman–Crippen LogP) is 2.09. The number of hydrogen-bond acceptors (Lipinski definition) is 7. The van der Waals surface area contributed by atoms with E-state index in [0.29, 0.717) is 43.8 Å². The van der Waals surface area contributed by atoms with Crippen LogP contribution in [0.3, 0.4) is 0 Å². The van der Waals surface area contributed by atoms with Gasteiger partial charge in [-0.25, -0.2) is 4.79 Å². The second-order valence-corrected chi connectivity index (χ2v) is 7.88. The number of esters is 1. The van der Waals surface area contributed by atoms with Gasteiger partial charge in [-0.05, 0) is 30.4 Å². The molecule has 9 heteroatoms. The van der Waals surface area contributed by atoms with Crippen LogP contribution in [-0.2, 0) is 14.3 Å². The number of carbonyl (C=O) groups excluding carboxylic acids is 2. The quantitative estimate of drug-likeness (QED) is 0.420. The largest absolute Gasteiger partial charge is 0.452 e. The number of carbonyl (C=O) groups is 2. The number of rotatable bonds is 5. The summed E-state index contributed by atoms with van der Waals surface area (Å²) < 4.78 is 10.3. The predicted molar refractivity (Wildman–Crippen MR) is 106 cm³/mol. The summed E-state index contributed by atoms with van der Waals surface area (Å²) in [6.45, 7) is 7.19. The van der Waals surface area contributed by atoms with Crippen molar-refractivity contribution in [3.05, 3.63) is 33.9 Å². The Morgan fingerprint density at radius 2 is 1.86 bits per heavy atom. The number of hydrogen-bond donors (Lipinski definition) is 0. The lowest BCUT2D eigenvalue weighted by molar-refractivity contribution is -0.384. The van der Waals surface area contributed by atoms with Crippen molar-refractivity contribution in [3.63, 3.8) is 0 Å². The third-order valence-electron chi connectivity index (χ3n) is 5.31. The standard InChI is InChI=1S/C20H27N3O6/c1-14-9-15(2)12-22(11-14)17-4-3-16(10-18(17)23(26)27)20(25)29-13-19(24)21-5-7-28-8-6-21/h3-4,10,14-15H,5-9,11-13H2,1-2H3/t14-,15-/m1/s1. The number of piperidine rings is 1. The zero-order valence-electron chi connectivity index (χ0n) is 16.8. The van der Waals surface area contributed by atoms with Crippen LogP contribution in [0, 0.1) is 22.0 Å². The zero-order valence-corrected chi connectivity index (χ0v) is 16.8. The van der Waals surface area contributed by atoms with E-state index in [4.69, 9.17) is 9.47 Å². The Labute approximate surface area is 169 Å². The Morgan fingerprint density at radius 1 is 1.21 bits per heavy atom. The molecule has 2 atom stereocenters. The molecule has 0 aliphatic carbocycles. The smallest absolute Gasteiger partial charge is 0.338 e. The van der Waals surface area contributed by atoms with Gasteiger partial charge in [-0.15, -0.1) is 0 Å². The maximum Gasteiger partial charge on any atom is 0.338 e. The van der Waals surface area contributed by atoms with Crippen LogP contribution in [0.2, 0.25) is 0 Å². The molecule has 2 aliphatic rings. The van der Waals surface area contributed by atoms with Crippen LogP contribution in [-0.4, -0.2) is 67.7 Å². The first-order chi connectivity index (χ1) is 13.8. The van der Waals surface area contributed by atoms with Gasteiger partial charge >= 0.3 is 5.97 Å². The highest BCUT2D eigenvalue weighted by Gasteiger charge is 2.28. The van der Waals surface area contributed by atoms with Gasteiger partial charge in [0, 0.05) is 32.2 Å². The van der Waals surface area contributed by atoms with Gasteiger partial charge in [-0.1, -0.05) is 13.8 Å². The molecule has 0 radical (unpaired) electrons. The van der Waals surface area contributed by atoms with Crippen molar-refractivity contribution in [1.29, 1.82) is 0 Å². The molecule has 1 aromatic rings. The van der Waals surface area contributed by atoms with Crippen molar-refractivity contribution in [1.82, 2.24) is 4.90 Å². The Morgan fingerprint density at radius 3 is 2.48 bits per heavy atom. The fourth-order valence-corrected chi connectivity index (χ4v) is 4.04. The van der Waals surface area contributed by atoms with Crippen LogP contribution in [0.25, 0.3) is 0 Å². The van der Waals surface area contributed by atoms with E-state index in [1.54, 1.807) is 11.0 Å². The fraction of sp³-hybridized carbons (Fsp3) is 0.600. The zero-order chi connectivity index (χ0) is 21.0. The molecular weight excluding hydrogens is 378 g/mol. The van der Waals surface area contributed by atoms with E-state index < -0.39 is 17.5 Å². The van der Waals surface area contributed by atoms with E-state index in [1.165, 1.54) is 12.1 Å². The molecule has 29 heavy (non-hydrogen) atoms. The monoisotopic (exact) mass is 405 g/mol. The van der Waals surface area contributed by atoms with E-state index >= 15 is 0 Å². The number of nitro benzene ring substituents is 1. The van der Waals surface area contributed by atoms with Crippen LogP contribution in [0.15, 0.2) is 18.2 Å². The molecule has 0 saturated carbocycles. The van der Waals surface area contributed by atoms with Crippen molar-refractivity contribution in [2.24, 2.45) is 11.8 Å². The highest BCUT2D eigenvalue weighted by molar-refractivity contribution is 5.93. The summed E-state index contributed by atoms with van der Waals surface area (Å²) >= 11 is 0. The van der Waals surface area contributed by atoms with Gasteiger partial charge in [0.15, 0.2) is 6.61 Å². The molecule has 2 aliphatic heterocycles. The van der Waals surface area contributed by atoms with Crippen LogP contribution < -0.4 is 4.90 Å². The lowest BCUT2D eigenvalue weighted by Crippen LogP contribution is -2.42. The van der Waals surface area contributed by atoms with Gasteiger partial charge in [0.2, 0.25) is 0 Å². The summed E-state index contributed by atoms with van der Waals surface area (Å²) in [6.07, 6.45) is 1.09. The highest BCUT2D eigenvalue weighted by Crippen LogP contribution is 2.34. The lowest BCUT2D eigenvalue weighted by Gasteiger charge is -2.36. The maximum atomic E-state index is 12.3. The van der Waals surface area contributed by atoms with E-state index in [1.807, 2.05) is 4.90 Å². The Hall–Kier alpha value is -2.68. The maximum absolute atomic E-state index is 12.3. The van der Waals surface area contributed by atoms with E-state index in [0.717, 1.165) is 19.5 Å². The first-order valence-corrected chi connectivity index (χ1v) is 9.91. The molecule has 158 valence electrons. The average molecular weight is 405 g/mol. The Balaban J connectivity index is 1.69. The Kier molecular flexibility index (Phi) is 6.68. The van der Waals surface area contributed by atoms with Crippen molar-refractivity contribution >= 4 is 23.3 Å². The fourth-order valence-electron chi connectivity index (χ4n) is 4.04. The van der Waals surface area contributed by atoms with Gasteiger partial charge in [0.05, 0.1) is 23.7 Å². The number of morpholine rings is 1. The minimum absolute atomic E-state index is 0.0633. The minimum Gasteiger partial charge on any atom is -0.452 e. The third kappa shape index (κ3) is 5.23. The molecule has 0 bridgehead atoms. The third-order valence-corrected chi connectivity index (χ3v) is 5.31. The van der Waals surface area contributed by atoms with Crippen molar-refractivity contribution < 1.29 is 24.0 Å². The Bertz CT molecular complexity index is 767. The average Bonchev–Trinajstić information content (AvgIpc) is 2.71. The number of benzene rings is 1. The van der Waals surface area contributed by atoms with E-state index in [2.05, 4.69) is 13.8 Å². The van der Waals surface area contributed by atoms with Gasteiger partial charge in [-0.2, -0.15) is 0 Å². The second-order valence-electron chi connectivity index (χ2n) is 7.88. The molecule has 2 fully saturated rings. The molecule has 9 nitrogen and oxygen atoms in total. The lowest BCUT2D eigenvalue weighted by atomic mass is 9.91. The first-order valence-electron chi connectivity index (χ1n) is 9.91. The summed E-state index contributed by atoms with van der Waals surface area (Å²) in [5.74, 6) is -0.172. The second kappa shape index (κ2) is 9.21. The van der Waals surface area contributed by atoms with Crippen LogP contribution in [0.1, 0.15) is 30.6 Å². The van der Waals surface area contributed by atoms with Crippen LogP contribution in [0.4, 0.5) is 11.4 Å². The number of amides is 1. The number of anilines is 1. The molecule has 1 aromatic carbocycles. The van der Waals surface area contributed by atoms with Crippen molar-refractivity contribution in [3.8, 4) is 0 Å². The molecule has 0 unspecified atom stereocenters. The van der Waals surface area contributed by atoms with Crippen molar-refractivity contribution in [2.75, 3.05) is 50.9 Å².